The van der Waals surface area contributed by atoms with E-state index in [4.69, 9.17) is 4.74 Å². The Balaban J connectivity index is 1.73. The van der Waals surface area contributed by atoms with Crippen LogP contribution in [0.5, 0.6) is 5.75 Å². The summed E-state index contributed by atoms with van der Waals surface area (Å²) in [6.07, 6.45) is 2.89. The molecule has 0 spiro atoms. The van der Waals surface area contributed by atoms with E-state index in [1.54, 1.807) is 7.11 Å². The number of aromatic amines is 1. The number of aryl methyl sites for hydroxylation is 1. The van der Waals surface area contributed by atoms with Crippen molar-refractivity contribution in [3.8, 4) is 5.75 Å². The zero-order valence-electron chi connectivity index (χ0n) is 10.9. The summed E-state index contributed by atoms with van der Waals surface area (Å²) in [5, 5.41) is 10.3. The Bertz CT molecular complexity index is 476. The zero-order chi connectivity index (χ0) is 12.8. The summed E-state index contributed by atoms with van der Waals surface area (Å²) in [5.41, 5.74) is 3.67. The first kappa shape index (κ1) is 12.6. The molecule has 4 heteroatoms. The number of nitrogens with one attached hydrogen (secondary N) is 2. The van der Waals surface area contributed by atoms with Gasteiger partial charge in [0.2, 0.25) is 0 Å². The number of hydrogen-bond acceptors (Lipinski definition) is 3. The molecular formula is C14H19N3O. The van der Waals surface area contributed by atoms with Gasteiger partial charge < -0.3 is 10.1 Å². The smallest absolute Gasteiger partial charge is 0.118 e. The van der Waals surface area contributed by atoms with Crippen LogP contribution < -0.4 is 10.1 Å². The summed E-state index contributed by atoms with van der Waals surface area (Å²) in [6, 6.07) is 8.19. The SMILES string of the molecule is COc1ccc(CCNCc2cn[nH]c2C)cc1. The molecule has 0 aliphatic carbocycles. The number of H-pyrrole nitrogens is 1. The van der Waals surface area contributed by atoms with Gasteiger partial charge >= 0.3 is 0 Å². The first-order valence-corrected chi connectivity index (χ1v) is 6.12. The minimum Gasteiger partial charge on any atom is -0.497 e. The van der Waals surface area contributed by atoms with Crippen LogP contribution in [-0.2, 0) is 13.0 Å². The molecule has 0 aliphatic rings. The van der Waals surface area contributed by atoms with Crippen molar-refractivity contribution in [3.05, 3.63) is 47.3 Å². The van der Waals surface area contributed by atoms with Gasteiger partial charge in [-0.3, -0.25) is 5.10 Å². The minimum atomic E-state index is 0.860. The van der Waals surface area contributed by atoms with Crippen molar-refractivity contribution in [2.45, 2.75) is 19.9 Å². The second-order valence-electron chi connectivity index (χ2n) is 4.30. The fourth-order valence-corrected chi connectivity index (χ4v) is 1.80. The van der Waals surface area contributed by atoms with Crippen molar-refractivity contribution in [1.29, 1.82) is 0 Å². The Morgan fingerprint density at radius 3 is 2.67 bits per heavy atom. The Morgan fingerprint density at radius 2 is 2.06 bits per heavy atom. The van der Waals surface area contributed by atoms with Crippen LogP contribution in [0.2, 0.25) is 0 Å². The van der Waals surface area contributed by atoms with Crippen molar-refractivity contribution in [3.63, 3.8) is 0 Å². The molecule has 1 aromatic carbocycles. The number of hydrogen-bond donors (Lipinski definition) is 2. The molecule has 0 aliphatic heterocycles. The summed E-state index contributed by atoms with van der Waals surface area (Å²) in [7, 11) is 1.68. The Labute approximate surface area is 107 Å². The van der Waals surface area contributed by atoms with Crippen LogP contribution in [0.1, 0.15) is 16.8 Å². The molecule has 0 bridgehead atoms. The highest BCUT2D eigenvalue weighted by Gasteiger charge is 1.99. The van der Waals surface area contributed by atoms with Crippen molar-refractivity contribution >= 4 is 0 Å². The van der Waals surface area contributed by atoms with Crippen LogP contribution >= 0.6 is 0 Å². The van der Waals surface area contributed by atoms with Gasteiger partial charge in [-0.05, 0) is 37.6 Å². The predicted octanol–water partition coefficient (Wildman–Crippen LogP) is 2.06. The van der Waals surface area contributed by atoms with Crippen molar-refractivity contribution < 1.29 is 4.74 Å². The van der Waals surface area contributed by atoms with Crippen LogP contribution in [0.4, 0.5) is 0 Å². The second kappa shape index (κ2) is 6.21. The standard InChI is InChI=1S/C14H19N3O/c1-11-13(10-16-17-11)9-15-8-7-12-3-5-14(18-2)6-4-12/h3-6,10,15H,7-9H2,1-2H3,(H,16,17). The molecule has 2 aromatic rings. The van der Waals surface area contributed by atoms with Crippen molar-refractivity contribution in [1.82, 2.24) is 15.5 Å². The highest BCUT2D eigenvalue weighted by Crippen LogP contribution is 2.11. The topological polar surface area (TPSA) is 49.9 Å². The molecule has 1 heterocycles. The molecule has 0 amide bonds. The molecule has 0 radical (unpaired) electrons. The number of aromatic nitrogens is 2. The maximum Gasteiger partial charge on any atom is 0.118 e. The van der Waals surface area contributed by atoms with Crippen LogP contribution in [0.3, 0.4) is 0 Å². The zero-order valence-corrected chi connectivity index (χ0v) is 10.9. The molecule has 1 aromatic heterocycles. The molecule has 0 fully saturated rings. The maximum absolute atomic E-state index is 5.13. The van der Waals surface area contributed by atoms with Gasteiger partial charge in [-0.15, -0.1) is 0 Å². The van der Waals surface area contributed by atoms with Crippen LogP contribution in [0.15, 0.2) is 30.5 Å². The highest BCUT2D eigenvalue weighted by atomic mass is 16.5. The lowest BCUT2D eigenvalue weighted by Gasteiger charge is -2.05. The van der Waals surface area contributed by atoms with Gasteiger partial charge in [0.1, 0.15) is 5.75 Å². The van der Waals surface area contributed by atoms with Crippen molar-refractivity contribution in [2.75, 3.05) is 13.7 Å². The summed E-state index contributed by atoms with van der Waals surface area (Å²) in [6.45, 7) is 3.85. The number of rotatable bonds is 6. The Morgan fingerprint density at radius 1 is 1.28 bits per heavy atom. The Hall–Kier alpha value is -1.81. The highest BCUT2D eigenvalue weighted by molar-refractivity contribution is 5.27. The van der Waals surface area contributed by atoms with Gasteiger partial charge in [0.25, 0.3) is 0 Å². The van der Waals surface area contributed by atoms with Crippen LogP contribution in [0.25, 0.3) is 0 Å². The number of ether oxygens (including phenoxy) is 1. The van der Waals surface area contributed by atoms with E-state index in [1.165, 1.54) is 11.1 Å². The van der Waals surface area contributed by atoms with E-state index in [9.17, 15) is 0 Å². The van der Waals surface area contributed by atoms with E-state index in [0.717, 1.165) is 31.0 Å². The van der Waals surface area contributed by atoms with E-state index >= 15 is 0 Å². The van der Waals surface area contributed by atoms with Gasteiger partial charge in [0.15, 0.2) is 0 Å². The first-order chi connectivity index (χ1) is 8.79. The number of methoxy groups -OCH3 is 1. The minimum absolute atomic E-state index is 0.860. The average molecular weight is 245 g/mol. The fourth-order valence-electron chi connectivity index (χ4n) is 1.80. The fraction of sp³-hybridized carbons (Fsp3) is 0.357. The second-order valence-corrected chi connectivity index (χ2v) is 4.30. The quantitative estimate of drug-likeness (QED) is 0.766. The average Bonchev–Trinajstić information content (AvgIpc) is 2.81. The largest absolute Gasteiger partial charge is 0.497 e. The summed E-state index contributed by atoms with van der Waals surface area (Å²) >= 11 is 0. The lowest BCUT2D eigenvalue weighted by Crippen LogP contribution is -2.16. The third-order valence-electron chi connectivity index (χ3n) is 3.00. The third-order valence-corrected chi connectivity index (χ3v) is 3.00. The van der Waals surface area contributed by atoms with E-state index in [1.807, 2.05) is 25.3 Å². The third kappa shape index (κ3) is 3.34. The molecule has 18 heavy (non-hydrogen) atoms. The normalized spacial score (nSPS) is 10.6. The van der Waals surface area contributed by atoms with E-state index < -0.39 is 0 Å². The maximum atomic E-state index is 5.13. The van der Waals surface area contributed by atoms with E-state index in [-0.39, 0.29) is 0 Å². The van der Waals surface area contributed by atoms with Gasteiger partial charge in [-0.1, -0.05) is 12.1 Å². The monoisotopic (exact) mass is 245 g/mol. The summed E-state index contributed by atoms with van der Waals surface area (Å²) < 4.78 is 5.13. The number of nitrogens with zero attached hydrogens (tertiary/aromatic N) is 1. The molecule has 0 saturated heterocycles. The lowest BCUT2D eigenvalue weighted by molar-refractivity contribution is 0.414. The number of benzene rings is 1. The lowest BCUT2D eigenvalue weighted by atomic mass is 10.1. The molecule has 0 atom stereocenters. The van der Waals surface area contributed by atoms with Crippen LogP contribution in [0, 0.1) is 6.92 Å². The molecule has 0 saturated carbocycles. The molecule has 4 nitrogen and oxygen atoms in total. The molecule has 96 valence electrons. The molecule has 0 unspecified atom stereocenters. The summed E-state index contributed by atoms with van der Waals surface area (Å²) in [5.74, 6) is 0.903. The summed E-state index contributed by atoms with van der Waals surface area (Å²) in [4.78, 5) is 0. The van der Waals surface area contributed by atoms with E-state index in [0.29, 0.717) is 0 Å². The van der Waals surface area contributed by atoms with Gasteiger partial charge in [-0.25, -0.2) is 0 Å². The van der Waals surface area contributed by atoms with E-state index in [2.05, 4.69) is 27.6 Å². The van der Waals surface area contributed by atoms with Gasteiger partial charge in [-0.2, -0.15) is 5.10 Å². The predicted molar refractivity (Wildman–Crippen MR) is 71.7 cm³/mol. The van der Waals surface area contributed by atoms with Crippen LogP contribution in [-0.4, -0.2) is 23.9 Å². The molecule has 2 rings (SSSR count). The van der Waals surface area contributed by atoms with Crippen molar-refractivity contribution in [2.24, 2.45) is 0 Å². The Kier molecular flexibility index (Phi) is 4.36. The molecule has 2 N–H and O–H groups in total. The van der Waals surface area contributed by atoms with Gasteiger partial charge in [0.05, 0.1) is 13.3 Å². The van der Waals surface area contributed by atoms with Gasteiger partial charge in [0, 0.05) is 17.8 Å². The molecular weight excluding hydrogens is 226 g/mol. The first-order valence-electron chi connectivity index (χ1n) is 6.12.